The first-order chi connectivity index (χ1) is 6.85. The molecule has 0 radical (unpaired) electrons. The van der Waals surface area contributed by atoms with Gasteiger partial charge in [-0.15, -0.1) is 0 Å². The SMILES string of the molecule is CSCCCC(C#N)NCCN=[N+]=[N-]. The van der Waals surface area contributed by atoms with Crippen molar-refractivity contribution in [2.45, 2.75) is 18.9 Å². The van der Waals surface area contributed by atoms with E-state index in [2.05, 4.69) is 27.7 Å². The zero-order chi connectivity index (χ0) is 10.6. The van der Waals surface area contributed by atoms with Crippen molar-refractivity contribution in [3.63, 3.8) is 0 Å². The van der Waals surface area contributed by atoms with E-state index in [9.17, 15) is 0 Å². The predicted octanol–water partition coefficient (Wildman–Crippen LogP) is 1.92. The van der Waals surface area contributed by atoms with Crippen molar-refractivity contribution in [1.82, 2.24) is 5.32 Å². The molecule has 0 fully saturated rings. The normalized spacial score (nSPS) is 11.4. The Morgan fingerprint density at radius 2 is 2.50 bits per heavy atom. The first-order valence-corrected chi connectivity index (χ1v) is 5.87. The van der Waals surface area contributed by atoms with E-state index >= 15 is 0 Å². The van der Waals surface area contributed by atoms with Crippen LogP contribution in [-0.4, -0.2) is 31.1 Å². The minimum Gasteiger partial charge on any atom is -0.302 e. The van der Waals surface area contributed by atoms with Crippen LogP contribution in [0.25, 0.3) is 10.4 Å². The molecule has 0 heterocycles. The van der Waals surface area contributed by atoms with Crippen LogP contribution in [-0.2, 0) is 0 Å². The Labute approximate surface area is 88.5 Å². The highest BCUT2D eigenvalue weighted by Gasteiger charge is 2.04. The molecule has 78 valence electrons. The topological polar surface area (TPSA) is 84.6 Å². The quantitative estimate of drug-likeness (QED) is 0.289. The Hall–Kier alpha value is -0.890. The minimum atomic E-state index is -0.115. The number of rotatable bonds is 8. The summed E-state index contributed by atoms with van der Waals surface area (Å²) in [7, 11) is 0. The molecule has 0 aliphatic heterocycles. The van der Waals surface area contributed by atoms with Gasteiger partial charge in [-0.05, 0) is 30.4 Å². The summed E-state index contributed by atoms with van der Waals surface area (Å²) in [5.74, 6) is 1.08. The number of thioether (sulfide) groups is 1. The summed E-state index contributed by atoms with van der Waals surface area (Å²) in [6.07, 6.45) is 3.94. The van der Waals surface area contributed by atoms with Gasteiger partial charge in [-0.2, -0.15) is 17.0 Å². The molecule has 0 spiro atoms. The molecule has 6 heteroatoms. The average molecular weight is 213 g/mol. The maximum absolute atomic E-state index is 8.76. The van der Waals surface area contributed by atoms with Crippen LogP contribution in [0.5, 0.6) is 0 Å². The van der Waals surface area contributed by atoms with Gasteiger partial charge < -0.3 is 5.32 Å². The number of azide groups is 1. The van der Waals surface area contributed by atoms with Gasteiger partial charge in [-0.25, -0.2) is 0 Å². The fourth-order valence-electron chi connectivity index (χ4n) is 0.978. The Morgan fingerprint density at radius 3 is 3.07 bits per heavy atom. The van der Waals surface area contributed by atoms with Crippen LogP contribution in [0.15, 0.2) is 5.11 Å². The molecule has 0 rings (SSSR count). The van der Waals surface area contributed by atoms with Crippen molar-refractivity contribution in [3.8, 4) is 6.07 Å². The molecule has 0 aromatic rings. The van der Waals surface area contributed by atoms with Crippen molar-refractivity contribution < 1.29 is 0 Å². The molecule has 0 saturated carbocycles. The highest BCUT2D eigenvalue weighted by atomic mass is 32.2. The zero-order valence-corrected chi connectivity index (χ0v) is 9.13. The lowest BCUT2D eigenvalue weighted by atomic mass is 10.2. The average Bonchev–Trinajstić information content (AvgIpc) is 2.22. The maximum Gasteiger partial charge on any atom is 0.0953 e. The summed E-state index contributed by atoms with van der Waals surface area (Å²) >= 11 is 1.78. The number of nitriles is 1. The summed E-state index contributed by atoms with van der Waals surface area (Å²) in [6, 6.07) is 2.07. The van der Waals surface area contributed by atoms with E-state index in [1.165, 1.54) is 0 Å². The molecule has 0 aliphatic carbocycles. The monoisotopic (exact) mass is 213 g/mol. The zero-order valence-electron chi connectivity index (χ0n) is 8.31. The molecular weight excluding hydrogens is 198 g/mol. The van der Waals surface area contributed by atoms with Gasteiger partial charge in [0.15, 0.2) is 0 Å². The first kappa shape index (κ1) is 13.1. The fourth-order valence-corrected chi connectivity index (χ4v) is 1.43. The summed E-state index contributed by atoms with van der Waals surface area (Å²) in [6.45, 7) is 0.971. The molecule has 0 amide bonds. The minimum absolute atomic E-state index is 0.115. The second-order valence-corrected chi connectivity index (χ2v) is 3.71. The van der Waals surface area contributed by atoms with E-state index in [0.717, 1.165) is 18.6 Å². The lowest BCUT2D eigenvalue weighted by Gasteiger charge is -2.09. The van der Waals surface area contributed by atoms with E-state index in [-0.39, 0.29) is 6.04 Å². The largest absolute Gasteiger partial charge is 0.302 e. The lowest BCUT2D eigenvalue weighted by molar-refractivity contribution is 0.566. The van der Waals surface area contributed by atoms with Crippen LogP contribution >= 0.6 is 11.8 Å². The molecule has 0 bridgehead atoms. The molecule has 0 saturated heterocycles. The van der Waals surface area contributed by atoms with Crippen molar-refractivity contribution >= 4 is 11.8 Å². The molecule has 1 N–H and O–H groups in total. The molecule has 1 atom stereocenters. The maximum atomic E-state index is 8.76. The molecule has 0 aromatic carbocycles. The fraction of sp³-hybridized carbons (Fsp3) is 0.875. The summed E-state index contributed by atoms with van der Waals surface area (Å²) in [5, 5.41) is 15.2. The van der Waals surface area contributed by atoms with Gasteiger partial charge in [0.1, 0.15) is 0 Å². The second-order valence-electron chi connectivity index (χ2n) is 2.73. The third kappa shape index (κ3) is 7.74. The van der Waals surface area contributed by atoms with Gasteiger partial charge in [0.25, 0.3) is 0 Å². The van der Waals surface area contributed by atoms with Crippen LogP contribution in [0.1, 0.15) is 12.8 Å². The van der Waals surface area contributed by atoms with Crippen molar-refractivity contribution in [2.75, 3.05) is 25.1 Å². The molecule has 0 aliphatic rings. The third-order valence-electron chi connectivity index (χ3n) is 1.66. The van der Waals surface area contributed by atoms with Gasteiger partial charge in [0, 0.05) is 18.0 Å². The van der Waals surface area contributed by atoms with Crippen LogP contribution in [0, 0.1) is 11.3 Å². The summed E-state index contributed by atoms with van der Waals surface area (Å²) in [5.41, 5.74) is 8.02. The van der Waals surface area contributed by atoms with Gasteiger partial charge in [0.05, 0.1) is 12.1 Å². The summed E-state index contributed by atoms with van der Waals surface area (Å²) < 4.78 is 0. The van der Waals surface area contributed by atoms with E-state index in [1.54, 1.807) is 11.8 Å². The highest BCUT2D eigenvalue weighted by Crippen LogP contribution is 2.02. The third-order valence-corrected chi connectivity index (χ3v) is 2.36. The number of hydrogen-bond acceptors (Lipinski definition) is 4. The van der Waals surface area contributed by atoms with Crippen LogP contribution in [0.3, 0.4) is 0 Å². The Morgan fingerprint density at radius 1 is 1.71 bits per heavy atom. The first-order valence-electron chi connectivity index (χ1n) is 4.48. The van der Waals surface area contributed by atoms with E-state index in [4.69, 9.17) is 10.8 Å². The van der Waals surface area contributed by atoms with Crippen LogP contribution in [0.4, 0.5) is 0 Å². The number of hydrogen-bond donors (Lipinski definition) is 1. The van der Waals surface area contributed by atoms with Crippen molar-refractivity contribution in [2.24, 2.45) is 5.11 Å². The molecule has 14 heavy (non-hydrogen) atoms. The highest BCUT2D eigenvalue weighted by molar-refractivity contribution is 7.98. The van der Waals surface area contributed by atoms with Crippen LogP contribution in [0.2, 0.25) is 0 Å². The summed E-state index contributed by atoms with van der Waals surface area (Å²) in [4.78, 5) is 2.63. The second kappa shape index (κ2) is 10.2. The number of nitrogens with one attached hydrogen (secondary N) is 1. The molecular formula is C8H15N5S. The van der Waals surface area contributed by atoms with E-state index in [0.29, 0.717) is 13.1 Å². The standard InChI is InChI=1S/C8H15N5S/c1-14-6-2-3-8(7-9)11-4-5-12-13-10/h8,11H,2-6H2,1H3. The smallest absolute Gasteiger partial charge is 0.0953 e. The molecule has 1 unspecified atom stereocenters. The van der Waals surface area contributed by atoms with Gasteiger partial charge in [-0.3, -0.25) is 0 Å². The van der Waals surface area contributed by atoms with Crippen molar-refractivity contribution in [3.05, 3.63) is 10.4 Å². The van der Waals surface area contributed by atoms with Gasteiger partial charge in [0.2, 0.25) is 0 Å². The van der Waals surface area contributed by atoms with Crippen molar-refractivity contribution in [1.29, 1.82) is 5.26 Å². The van der Waals surface area contributed by atoms with E-state index in [1.807, 2.05) is 0 Å². The Balaban J connectivity index is 3.48. The van der Waals surface area contributed by atoms with Gasteiger partial charge >= 0.3 is 0 Å². The predicted molar refractivity (Wildman–Crippen MR) is 59.0 cm³/mol. The lowest BCUT2D eigenvalue weighted by Crippen LogP contribution is -2.29. The van der Waals surface area contributed by atoms with E-state index < -0.39 is 0 Å². The Kier molecular flexibility index (Phi) is 9.54. The molecule has 5 nitrogen and oxygen atoms in total. The van der Waals surface area contributed by atoms with Crippen LogP contribution < -0.4 is 5.32 Å². The van der Waals surface area contributed by atoms with Gasteiger partial charge in [-0.1, -0.05) is 5.11 Å². The Bertz CT molecular complexity index is 218. The number of nitrogens with zero attached hydrogens (tertiary/aromatic N) is 4. The molecule has 0 aromatic heterocycles.